The largest absolute Gasteiger partial charge is 0.632 e. The zero-order valence-corrected chi connectivity index (χ0v) is 17.8. The molecular formula is C24H33NO5. The molecule has 2 bridgehead atoms. The van der Waals surface area contributed by atoms with E-state index in [0.29, 0.717) is 57.0 Å². The van der Waals surface area contributed by atoms with E-state index in [4.69, 9.17) is 9.47 Å². The lowest BCUT2D eigenvalue weighted by atomic mass is 9.48. The first kappa shape index (κ1) is 19.4. The number of nitrogens with zero attached hydrogens (tertiary/aromatic N) is 1. The zero-order chi connectivity index (χ0) is 20.7. The summed E-state index contributed by atoms with van der Waals surface area (Å²) in [5, 5.41) is 36.0. The van der Waals surface area contributed by atoms with Crippen molar-refractivity contribution in [1.29, 1.82) is 0 Å². The Morgan fingerprint density at radius 2 is 2.10 bits per heavy atom. The molecular weight excluding hydrogens is 382 g/mol. The second-order valence-electron chi connectivity index (χ2n) is 10.4. The summed E-state index contributed by atoms with van der Waals surface area (Å²) in [4.78, 5) is 0. The molecule has 2 aliphatic heterocycles. The smallest absolute Gasteiger partial charge is 0.165 e. The molecule has 30 heavy (non-hydrogen) atoms. The molecule has 6 atom stereocenters. The van der Waals surface area contributed by atoms with Crippen molar-refractivity contribution in [3.63, 3.8) is 0 Å². The summed E-state index contributed by atoms with van der Waals surface area (Å²) in [6.45, 7) is 4.01. The molecule has 0 amide bonds. The van der Waals surface area contributed by atoms with Crippen LogP contribution in [0.3, 0.4) is 0 Å². The van der Waals surface area contributed by atoms with Gasteiger partial charge in [-0.3, -0.25) is 0 Å². The van der Waals surface area contributed by atoms with Crippen molar-refractivity contribution in [1.82, 2.24) is 0 Å². The van der Waals surface area contributed by atoms with Gasteiger partial charge in [-0.2, -0.15) is 0 Å². The highest BCUT2D eigenvalue weighted by Gasteiger charge is 2.76. The van der Waals surface area contributed by atoms with E-state index in [1.54, 1.807) is 6.07 Å². The van der Waals surface area contributed by atoms with Gasteiger partial charge in [0.1, 0.15) is 17.7 Å². The lowest BCUT2D eigenvalue weighted by molar-refractivity contribution is -0.924. The summed E-state index contributed by atoms with van der Waals surface area (Å²) >= 11 is 0. The molecule has 2 N–H and O–H groups in total. The maximum Gasteiger partial charge on any atom is 0.165 e. The lowest BCUT2D eigenvalue weighted by Crippen LogP contribution is -2.81. The number of phenolic OH excluding ortho intramolecular Hbond substituents is 1. The van der Waals surface area contributed by atoms with Crippen LogP contribution in [-0.2, 0) is 16.6 Å². The van der Waals surface area contributed by atoms with E-state index < -0.39 is 23.2 Å². The predicted molar refractivity (Wildman–Crippen MR) is 111 cm³/mol. The molecule has 1 aromatic carbocycles. The van der Waals surface area contributed by atoms with Crippen LogP contribution in [0.2, 0.25) is 0 Å². The Balaban J connectivity index is 1.56. The molecule has 6 heteroatoms. The molecule has 6 rings (SSSR count). The Morgan fingerprint density at radius 1 is 1.27 bits per heavy atom. The van der Waals surface area contributed by atoms with E-state index in [1.807, 2.05) is 6.07 Å². The first-order valence-corrected chi connectivity index (χ1v) is 11.9. The van der Waals surface area contributed by atoms with Gasteiger partial charge in [0.15, 0.2) is 11.5 Å². The van der Waals surface area contributed by atoms with Gasteiger partial charge in [0.25, 0.3) is 0 Å². The van der Waals surface area contributed by atoms with Crippen LogP contribution in [0.4, 0.5) is 0 Å². The molecule has 5 aliphatic rings. The van der Waals surface area contributed by atoms with Gasteiger partial charge >= 0.3 is 0 Å². The average Bonchev–Trinajstić information content (AvgIpc) is 3.45. The van der Waals surface area contributed by atoms with E-state index in [-0.39, 0.29) is 16.4 Å². The third-order valence-electron chi connectivity index (χ3n) is 8.84. The summed E-state index contributed by atoms with van der Waals surface area (Å²) in [5.41, 5.74) is 0.956. The lowest BCUT2D eigenvalue weighted by Gasteiger charge is -2.69. The maximum absolute atomic E-state index is 14.4. The first-order valence-electron chi connectivity index (χ1n) is 11.9. The molecule has 3 fully saturated rings. The van der Waals surface area contributed by atoms with Crippen LogP contribution in [0.1, 0.15) is 63.0 Å². The third kappa shape index (κ3) is 2.28. The van der Waals surface area contributed by atoms with Gasteiger partial charge < -0.3 is 29.5 Å². The average molecular weight is 416 g/mol. The minimum absolute atomic E-state index is 0.136. The van der Waals surface area contributed by atoms with Crippen LogP contribution in [0.5, 0.6) is 11.5 Å². The molecule has 6 nitrogen and oxygen atoms in total. The van der Waals surface area contributed by atoms with E-state index >= 15 is 0 Å². The third-order valence-corrected chi connectivity index (χ3v) is 8.84. The topological polar surface area (TPSA) is 82.0 Å². The number of aliphatic hydroxyl groups is 1. The van der Waals surface area contributed by atoms with Gasteiger partial charge in [-0.25, -0.2) is 0 Å². The summed E-state index contributed by atoms with van der Waals surface area (Å²) in [6, 6.07) is 3.49. The van der Waals surface area contributed by atoms with E-state index in [1.165, 1.54) is 12.8 Å². The first-order chi connectivity index (χ1) is 14.5. The van der Waals surface area contributed by atoms with Crippen molar-refractivity contribution < 1.29 is 24.3 Å². The molecule has 3 aliphatic carbocycles. The van der Waals surface area contributed by atoms with Crippen molar-refractivity contribution in [2.45, 2.75) is 87.6 Å². The van der Waals surface area contributed by atoms with Crippen LogP contribution < -0.4 is 4.74 Å². The fraction of sp³-hybridized carbons (Fsp3) is 0.750. The predicted octanol–water partition coefficient (Wildman–Crippen LogP) is 3.15. The summed E-state index contributed by atoms with van der Waals surface area (Å²) in [6.07, 6.45) is 5.85. The number of phenols is 1. The van der Waals surface area contributed by atoms with E-state index in [0.717, 1.165) is 24.0 Å². The number of piperidine rings is 1. The zero-order valence-electron chi connectivity index (χ0n) is 17.8. The number of rotatable bonds is 6. The number of hydroxylamine groups is 3. The number of aliphatic hydroxyl groups excluding tert-OH is 1. The molecule has 1 saturated heterocycles. The fourth-order valence-corrected chi connectivity index (χ4v) is 7.39. The number of aromatic hydroxyl groups is 1. The van der Waals surface area contributed by atoms with E-state index in [2.05, 4.69) is 6.92 Å². The number of benzene rings is 1. The summed E-state index contributed by atoms with van der Waals surface area (Å²) < 4.78 is 13.0. The van der Waals surface area contributed by atoms with Crippen molar-refractivity contribution in [3.8, 4) is 11.5 Å². The SMILES string of the molecule is CCCCO[C@@]12CC[C@@H](O)[C@@H]3Oc4c(O)ccc5c4[C@@]31CC[N+]([O-])(CC1CC1)[C@@H]2C5. The quantitative estimate of drug-likeness (QED) is 0.424. The molecule has 1 aromatic rings. The van der Waals surface area contributed by atoms with Crippen LogP contribution in [0, 0.1) is 11.1 Å². The van der Waals surface area contributed by atoms with E-state index in [9.17, 15) is 15.4 Å². The second kappa shape index (κ2) is 6.35. The molecule has 164 valence electrons. The van der Waals surface area contributed by atoms with Gasteiger partial charge in [0.2, 0.25) is 0 Å². The minimum Gasteiger partial charge on any atom is -0.632 e. The summed E-state index contributed by atoms with van der Waals surface area (Å²) in [7, 11) is 0. The number of hydrogen-bond donors (Lipinski definition) is 2. The Kier molecular flexibility index (Phi) is 4.09. The minimum atomic E-state index is -0.632. The highest BCUT2D eigenvalue weighted by atomic mass is 16.6. The number of likely N-dealkylation sites (tertiary alicyclic amines) is 1. The van der Waals surface area contributed by atoms with Crippen LogP contribution in [0.15, 0.2) is 12.1 Å². The fourth-order valence-electron chi connectivity index (χ4n) is 7.39. The van der Waals surface area contributed by atoms with Gasteiger partial charge in [0.05, 0.1) is 24.6 Å². The summed E-state index contributed by atoms with van der Waals surface area (Å²) in [5.74, 6) is 1.20. The standard InChI is InChI=1S/C24H33NO5/c1-2-3-12-29-24-9-8-18(27)22-23(24)10-11-25(28,14-15-4-5-15)19(24)13-16-6-7-17(26)21(30-22)20(16)23/h6-7,15,18-19,22,26-27H,2-5,8-14H2,1H3/t18-,19-,22+,23+,24-,25?/m1/s1. The number of quaternary nitrogens is 1. The molecule has 1 spiro atoms. The highest BCUT2D eigenvalue weighted by molar-refractivity contribution is 5.62. The van der Waals surface area contributed by atoms with Crippen molar-refractivity contribution in [3.05, 3.63) is 28.5 Å². The Bertz CT molecular complexity index is 871. The Morgan fingerprint density at radius 3 is 2.87 bits per heavy atom. The number of ether oxygens (including phenoxy) is 2. The van der Waals surface area contributed by atoms with Gasteiger partial charge in [0, 0.05) is 30.9 Å². The number of hydrogen-bond acceptors (Lipinski definition) is 5. The normalized spacial score (nSPS) is 43.2. The molecule has 0 aromatic heterocycles. The maximum atomic E-state index is 14.4. The number of unbranched alkanes of at least 4 members (excludes halogenated alkanes) is 1. The van der Waals surface area contributed by atoms with Crippen molar-refractivity contribution >= 4 is 0 Å². The molecule has 0 radical (unpaired) electrons. The van der Waals surface area contributed by atoms with Gasteiger partial charge in [-0.1, -0.05) is 19.4 Å². The van der Waals surface area contributed by atoms with Crippen LogP contribution >= 0.6 is 0 Å². The Labute approximate surface area is 178 Å². The highest BCUT2D eigenvalue weighted by Crippen LogP contribution is 2.67. The monoisotopic (exact) mass is 415 g/mol. The van der Waals surface area contributed by atoms with Crippen LogP contribution in [0.25, 0.3) is 0 Å². The second-order valence-corrected chi connectivity index (χ2v) is 10.4. The van der Waals surface area contributed by atoms with Gasteiger partial charge in [-0.05, 0) is 43.7 Å². The Hall–Kier alpha value is -1.34. The van der Waals surface area contributed by atoms with Crippen molar-refractivity contribution in [2.24, 2.45) is 5.92 Å². The van der Waals surface area contributed by atoms with Crippen LogP contribution in [-0.4, -0.2) is 58.4 Å². The molecule has 2 heterocycles. The molecule has 1 unspecified atom stereocenters. The van der Waals surface area contributed by atoms with Gasteiger partial charge in [-0.15, -0.1) is 0 Å². The van der Waals surface area contributed by atoms with Crippen molar-refractivity contribution in [2.75, 3.05) is 19.7 Å². The molecule has 2 saturated carbocycles.